The van der Waals surface area contributed by atoms with Gasteiger partial charge >= 0.3 is 0 Å². The second kappa shape index (κ2) is 6.80. The molecule has 130 valence electrons. The van der Waals surface area contributed by atoms with Crippen molar-refractivity contribution in [3.05, 3.63) is 60.2 Å². The van der Waals surface area contributed by atoms with Gasteiger partial charge in [0.15, 0.2) is 5.69 Å². The van der Waals surface area contributed by atoms with Gasteiger partial charge in [-0.05, 0) is 37.1 Å². The Morgan fingerprint density at radius 1 is 1.31 bits per heavy atom. The van der Waals surface area contributed by atoms with Gasteiger partial charge in [0.05, 0.1) is 36.1 Å². The second-order valence-electron chi connectivity index (χ2n) is 6.23. The maximum absolute atomic E-state index is 12.9. The number of amides is 1. The van der Waals surface area contributed by atoms with Crippen LogP contribution >= 0.6 is 0 Å². The van der Waals surface area contributed by atoms with E-state index in [1.54, 1.807) is 52.2 Å². The zero-order valence-corrected chi connectivity index (χ0v) is 14.1. The molecular formula is C18H17N7O. The van der Waals surface area contributed by atoms with E-state index in [0.29, 0.717) is 17.8 Å². The molecule has 1 saturated heterocycles. The Hall–Kier alpha value is -3.47. The number of nitriles is 1. The SMILES string of the molecule is N#Cc1cccc(-n2ccc(C(=O)N3CCC[C@H]3Cn3ccnn3)n2)c1. The lowest BCUT2D eigenvalue weighted by atomic mass is 10.2. The summed E-state index contributed by atoms with van der Waals surface area (Å²) >= 11 is 0. The molecule has 1 aliphatic heterocycles. The quantitative estimate of drug-likeness (QED) is 0.715. The van der Waals surface area contributed by atoms with Crippen molar-refractivity contribution in [2.45, 2.75) is 25.4 Å². The number of hydrogen-bond acceptors (Lipinski definition) is 5. The normalized spacial score (nSPS) is 16.6. The lowest BCUT2D eigenvalue weighted by Crippen LogP contribution is -2.38. The standard InChI is InChI=1S/C18H17N7O/c19-12-14-3-1-4-15(11-14)25-9-6-17(21-25)18(26)24-8-2-5-16(24)13-23-10-7-20-22-23/h1,3-4,6-7,9-11,16H,2,5,8,13H2/t16-/m0/s1. The lowest BCUT2D eigenvalue weighted by Gasteiger charge is -2.23. The summed E-state index contributed by atoms with van der Waals surface area (Å²) in [6, 6.07) is 11.0. The van der Waals surface area contributed by atoms with Crippen LogP contribution in [0.15, 0.2) is 48.9 Å². The van der Waals surface area contributed by atoms with E-state index in [-0.39, 0.29) is 11.9 Å². The van der Waals surface area contributed by atoms with E-state index in [1.165, 1.54) is 0 Å². The van der Waals surface area contributed by atoms with Gasteiger partial charge in [0.2, 0.25) is 0 Å². The highest BCUT2D eigenvalue weighted by molar-refractivity contribution is 5.92. The molecule has 0 bridgehead atoms. The zero-order valence-electron chi connectivity index (χ0n) is 14.1. The van der Waals surface area contributed by atoms with Crippen molar-refractivity contribution in [2.75, 3.05) is 6.54 Å². The average molecular weight is 347 g/mol. The van der Waals surface area contributed by atoms with Gasteiger partial charge in [0.1, 0.15) is 0 Å². The molecule has 26 heavy (non-hydrogen) atoms. The number of aromatic nitrogens is 5. The molecule has 2 aromatic heterocycles. The van der Waals surface area contributed by atoms with E-state index < -0.39 is 0 Å². The van der Waals surface area contributed by atoms with Crippen LogP contribution in [0.2, 0.25) is 0 Å². The first kappa shape index (κ1) is 16.0. The van der Waals surface area contributed by atoms with Gasteiger partial charge in [0, 0.05) is 18.9 Å². The van der Waals surface area contributed by atoms with E-state index in [9.17, 15) is 4.79 Å². The molecule has 8 nitrogen and oxygen atoms in total. The summed E-state index contributed by atoms with van der Waals surface area (Å²) < 4.78 is 3.37. The highest BCUT2D eigenvalue weighted by Gasteiger charge is 2.31. The third kappa shape index (κ3) is 3.07. The number of rotatable bonds is 4. The summed E-state index contributed by atoms with van der Waals surface area (Å²) in [5.74, 6) is -0.0807. The van der Waals surface area contributed by atoms with Crippen molar-refractivity contribution in [3.8, 4) is 11.8 Å². The van der Waals surface area contributed by atoms with Crippen LogP contribution in [0.1, 0.15) is 28.9 Å². The fourth-order valence-electron chi connectivity index (χ4n) is 3.29. The average Bonchev–Trinajstić information content (AvgIpc) is 3.43. The van der Waals surface area contributed by atoms with Crippen molar-refractivity contribution in [1.82, 2.24) is 29.7 Å². The summed E-state index contributed by atoms with van der Waals surface area (Å²) in [7, 11) is 0. The number of carbonyl (C=O) groups is 1. The van der Waals surface area contributed by atoms with Gasteiger partial charge in [-0.1, -0.05) is 11.3 Å². The molecule has 1 aliphatic rings. The van der Waals surface area contributed by atoms with Crippen LogP contribution in [0.4, 0.5) is 0 Å². The van der Waals surface area contributed by atoms with Gasteiger partial charge in [-0.25, -0.2) is 4.68 Å². The van der Waals surface area contributed by atoms with E-state index in [0.717, 1.165) is 25.1 Å². The van der Waals surface area contributed by atoms with Crippen LogP contribution in [-0.2, 0) is 6.54 Å². The molecule has 0 N–H and O–H groups in total. The largest absolute Gasteiger partial charge is 0.332 e. The molecule has 0 aliphatic carbocycles. The summed E-state index contributed by atoms with van der Waals surface area (Å²) in [6.07, 6.45) is 7.09. The molecule has 0 spiro atoms. The first-order chi connectivity index (χ1) is 12.7. The van der Waals surface area contributed by atoms with Crippen LogP contribution in [0.25, 0.3) is 5.69 Å². The van der Waals surface area contributed by atoms with Gasteiger partial charge < -0.3 is 4.90 Å². The third-order valence-electron chi connectivity index (χ3n) is 4.56. The Morgan fingerprint density at radius 3 is 3.04 bits per heavy atom. The second-order valence-corrected chi connectivity index (χ2v) is 6.23. The predicted molar refractivity (Wildman–Crippen MR) is 92.4 cm³/mol. The molecule has 8 heteroatoms. The van der Waals surface area contributed by atoms with Crippen LogP contribution in [0, 0.1) is 11.3 Å². The summed E-state index contributed by atoms with van der Waals surface area (Å²) in [6.45, 7) is 1.35. The topological polar surface area (TPSA) is 92.6 Å². The number of hydrogen-bond donors (Lipinski definition) is 0. The minimum absolute atomic E-state index is 0.0807. The molecule has 0 saturated carbocycles. The van der Waals surface area contributed by atoms with Crippen LogP contribution in [0.3, 0.4) is 0 Å². The zero-order chi connectivity index (χ0) is 17.9. The van der Waals surface area contributed by atoms with Gasteiger partial charge in [-0.2, -0.15) is 10.4 Å². The highest BCUT2D eigenvalue weighted by atomic mass is 16.2. The first-order valence-corrected chi connectivity index (χ1v) is 8.46. The Bertz CT molecular complexity index is 954. The van der Waals surface area contributed by atoms with Crippen LogP contribution in [-0.4, -0.2) is 48.2 Å². The molecule has 1 atom stereocenters. The van der Waals surface area contributed by atoms with Crippen molar-refractivity contribution in [1.29, 1.82) is 5.26 Å². The summed E-state index contributed by atoms with van der Waals surface area (Å²) in [5, 5.41) is 21.2. The molecule has 1 fully saturated rings. The molecule has 3 aromatic rings. The smallest absolute Gasteiger partial charge is 0.274 e. The number of nitrogens with zero attached hydrogens (tertiary/aromatic N) is 7. The molecule has 4 rings (SSSR count). The van der Waals surface area contributed by atoms with E-state index in [2.05, 4.69) is 21.5 Å². The maximum atomic E-state index is 12.9. The van der Waals surface area contributed by atoms with Gasteiger partial charge in [-0.15, -0.1) is 5.10 Å². The third-order valence-corrected chi connectivity index (χ3v) is 4.56. The summed E-state index contributed by atoms with van der Waals surface area (Å²) in [5.41, 5.74) is 1.71. The van der Waals surface area contributed by atoms with E-state index in [1.807, 2.05) is 11.0 Å². The van der Waals surface area contributed by atoms with Crippen molar-refractivity contribution >= 4 is 5.91 Å². The minimum atomic E-state index is -0.0807. The molecule has 1 aromatic carbocycles. The fraction of sp³-hybridized carbons (Fsp3) is 0.278. The predicted octanol–water partition coefficient (Wildman–Crippen LogP) is 1.64. The lowest BCUT2D eigenvalue weighted by molar-refractivity contribution is 0.0714. The van der Waals surface area contributed by atoms with Crippen molar-refractivity contribution < 1.29 is 4.79 Å². The monoisotopic (exact) mass is 347 g/mol. The van der Waals surface area contributed by atoms with E-state index >= 15 is 0 Å². The number of likely N-dealkylation sites (tertiary alicyclic amines) is 1. The molecular weight excluding hydrogens is 330 g/mol. The van der Waals surface area contributed by atoms with E-state index in [4.69, 9.17) is 5.26 Å². The van der Waals surface area contributed by atoms with Gasteiger partial charge in [0.25, 0.3) is 5.91 Å². The Kier molecular flexibility index (Phi) is 4.19. The highest BCUT2D eigenvalue weighted by Crippen LogP contribution is 2.21. The molecule has 0 unspecified atom stereocenters. The Labute approximate surface area is 150 Å². The van der Waals surface area contributed by atoms with Crippen molar-refractivity contribution in [2.24, 2.45) is 0 Å². The summed E-state index contributed by atoms with van der Waals surface area (Å²) in [4.78, 5) is 14.8. The van der Waals surface area contributed by atoms with Gasteiger partial charge in [-0.3, -0.25) is 9.48 Å². The maximum Gasteiger partial charge on any atom is 0.274 e. The minimum Gasteiger partial charge on any atom is -0.332 e. The van der Waals surface area contributed by atoms with Crippen molar-refractivity contribution in [3.63, 3.8) is 0 Å². The van der Waals surface area contributed by atoms with Crippen LogP contribution in [0.5, 0.6) is 0 Å². The molecule has 3 heterocycles. The number of benzene rings is 1. The number of carbonyl (C=O) groups excluding carboxylic acids is 1. The first-order valence-electron chi connectivity index (χ1n) is 8.46. The fourth-order valence-corrected chi connectivity index (χ4v) is 3.29. The Balaban J connectivity index is 1.53. The van der Waals surface area contributed by atoms with Crippen LogP contribution < -0.4 is 0 Å². The molecule has 1 amide bonds. The molecule has 0 radical (unpaired) electrons. The Morgan fingerprint density at radius 2 is 2.23 bits per heavy atom.